The number of nitrogens with zero attached hydrogens (tertiary/aromatic N) is 4. The van der Waals surface area contributed by atoms with E-state index in [1.807, 2.05) is 12.1 Å². The van der Waals surface area contributed by atoms with Crippen molar-refractivity contribution in [1.82, 2.24) is 19.5 Å². The summed E-state index contributed by atoms with van der Waals surface area (Å²) in [6.07, 6.45) is 0. The molecule has 0 amide bonds. The van der Waals surface area contributed by atoms with Crippen molar-refractivity contribution < 1.29 is 0 Å². The zero-order chi connectivity index (χ0) is 40.3. The highest BCUT2D eigenvalue weighted by atomic mass is 15.0. The van der Waals surface area contributed by atoms with Crippen molar-refractivity contribution in [2.24, 2.45) is 0 Å². The van der Waals surface area contributed by atoms with Crippen LogP contribution in [0.5, 0.6) is 0 Å². The molecular formula is C57H36N4. The van der Waals surface area contributed by atoms with Crippen LogP contribution in [0.25, 0.3) is 116 Å². The predicted molar refractivity (Wildman–Crippen MR) is 254 cm³/mol. The van der Waals surface area contributed by atoms with Crippen molar-refractivity contribution in [2.75, 3.05) is 0 Å². The quantitative estimate of drug-likeness (QED) is 0.158. The van der Waals surface area contributed by atoms with Crippen LogP contribution in [0.15, 0.2) is 218 Å². The number of aromatic nitrogens is 4. The molecule has 4 nitrogen and oxygen atoms in total. The van der Waals surface area contributed by atoms with Gasteiger partial charge in [0.25, 0.3) is 0 Å². The second kappa shape index (κ2) is 14.3. The second-order valence-electron chi connectivity index (χ2n) is 15.6. The number of hydrogen-bond donors (Lipinski definition) is 0. The number of pyridine rings is 1. The highest BCUT2D eigenvalue weighted by Gasteiger charge is 2.18. The Hall–Kier alpha value is -8.21. The minimum atomic E-state index is 0.704. The normalized spacial score (nSPS) is 11.6. The molecule has 284 valence electrons. The van der Waals surface area contributed by atoms with Crippen LogP contribution in [0.3, 0.4) is 0 Å². The molecule has 0 saturated heterocycles. The minimum absolute atomic E-state index is 0.704. The van der Waals surface area contributed by atoms with Gasteiger partial charge in [0, 0.05) is 49.3 Å². The summed E-state index contributed by atoms with van der Waals surface area (Å²) in [5, 5.41) is 6.87. The SMILES string of the molecule is c1ccc(-c2ccc(-c3nc(-c4ccc(-c5ccc6c(c5)c5cc7nc(-c8ccccc8)c8ccccc8c7cc5n6-c5ccccc5)cc4)nc4ccccc34)cc2)cc1. The van der Waals surface area contributed by atoms with Crippen LogP contribution >= 0.6 is 0 Å². The first-order valence-electron chi connectivity index (χ1n) is 20.7. The Morgan fingerprint density at radius 1 is 0.262 bits per heavy atom. The van der Waals surface area contributed by atoms with E-state index in [1.165, 1.54) is 27.3 Å². The smallest absolute Gasteiger partial charge is 0.160 e. The van der Waals surface area contributed by atoms with Crippen LogP contribution < -0.4 is 0 Å². The summed E-state index contributed by atoms with van der Waals surface area (Å²) in [6.45, 7) is 0. The number of benzene rings is 9. The Morgan fingerprint density at radius 3 is 1.51 bits per heavy atom. The average molecular weight is 777 g/mol. The molecule has 4 heteroatoms. The molecule has 0 unspecified atom stereocenters. The van der Waals surface area contributed by atoms with Crippen LogP contribution in [0, 0.1) is 0 Å². The predicted octanol–water partition coefficient (Wildman–Crippen LogP) is 14.8. The van der Waals surface area contributed by atoms with Gasteiger partial charge in [-0.05, 0) is 70.1 Å². The first kappa shape index (κ1) is 34.8. The van der Waals surface area contributed by atoms with Gasteiger partial charge in [0.15, 0.2) is 5.82 Å². The Morgan fingerprint density at radius 2 is 0.770 bits per heavy atom. The first-order chi connectivity index (χ1) is 30.2. The Kier molecular flexibility index (Phi) is 8.13. The molecule has 12 aromatic rings. The number of hydrogen-bond acceptors (Lipinski definition) is 3. The zero-order valence-corrected chi connectivity index (χ0v) is 33.1. The van der Waals surface area contributed by atoms with Crippen LogP contribution in [-0.2, 0) is 0 Å². The maximum Gasteiger partial charge on any atom is 0.160 e. The molecule has 0 aliphatic heterocycles. The molecule has 9 aromatic carbocycles. The maximum absolute atomic E-state index is 5.37. The standard InChI is InChI=1S/C57H36N4/c1-4-14-37(15-5-1)38-24-28-41(29-25-38)56-47-22-12-13-23-51(47)59-57(60-56)42-30-26-39(27-31-42)43-32-33-53-49(34-43)50-35-52-48(36-54(50)61(53)44-18-8-3-9-19-44)45-20-10-11-21-46(45)55(58-52)40-16-6-2-7-17-40/h1-36H. The van der Waals surface area contributed by atoms with E-state index in [2.05, 4.69) is 211 Å². The summed E-state index contributed by atoms with van der Waals surface area (Å²) in [5.74, 6) is 0.704. The number of rotatable bonds is 6. The van der Waals surface area contributed by atoms with Gasteiger partial charge in [0.05, 0.1) is 33.5 Å². The first-order valence-corrected chi connectivity index (χ1v) is 20.7. The average Bonchev–Trinajstić information content (AvgIpc) is 3.66. The van der Waals surface area contributed by atoms with E-state index in [4.69, 9.17) is 15.0 Å². The van der Waals surface area contributed by atoms with Crippen LogP contribution in [-0.4, -0.2) is 19.5 Å². The highest BCUT2D eigenvalue weighted by molar-refractivity contribution is 6.19. The fourth-order valence-electron chi connectivity index (χ4n) is 9.01. The zero-order valence-electron chi connectivity index (χ0n) is 33.1. The monoisotopic (exact) mass is 776 g/mol. The molecule has 0 bridgehead atoms. The number of fused-ring (bicyclic) bond motifs is 7. The third-order valence-corrected chi connectivity index (χ3v) is 12.0. The maximum atomic E-state index is 5.37. The van der Waals surface area contributed by atoms with Crippen molar-refractivity contribution in [3.05, 3.63) is 218 Å². The van der Waals surface area contributed by atoms with Gasteiger partial charge in [-0.15, -0.1) is 0 Å². The van der Waals surface area contributed by atoms with Crippen molar-refractivity contribution in [3.63, 3.8) is 0 Å². The molecule has 61 heavy (non-hydrogen) atoms. The summed E-state index contributed by atoms with van der Waals surface area (Å²) in [7, 11) is 0. The van der Waals surface area contributed by atoms with Crippen molar-refractivity contribution in [2.45, 2.75) is 0 Å². The van der Waals surface area contributed by atoms with E-state index < -0.39 is 0 Å². The summed E-state index contributed by atoms with van der Waals surface area (Å²) >= 11 is 0. The van der Waals surface area contributed by atoms with E-state index in [1.54, 1.807) is 0 Å². The van der Waals surface area contributed by atoms with Gasteiger partial charge in [0.2, 0.25) is 0 Å². The number of para-hydroxylation sites is 2. The molecule has 0 atom stereocenters. The molecule has 0 aliphatic carbocycles. The lowest BCUT2D eigenvalue weighted by atomic mass is 9.98. The third kappa shape index (κ3) is 5.96. The van der Waals surface area contributed by atoms with Crippen LogP contribution in [0.4, 0.5) is 0 Å². The molecule has 3 aromatic heterocycles. The van der Waals surface area contributed by atoms with Crippen LogP contribution in [0.2, 0.25) is 0 Å². The van der Waals surface area contributed by atoms with E-state index in [0.29, 0.717) is 5.82 Å². The Labute approximate surface area is 352 Å². The Bertz CT molecular complexity index is 3600. The largest absolute Gasteiger partial charge is 0.309 e. The van der Waals surface area contributed by atoms with Gasteiger partial charge in [-0.1, -0.05) is 176 Å². The molecule has 0 aliphatic rings. The topological polar surface area (TPSA) is 43.6 Å². The molecule has 0 fully saturated rings. The molecule has 12 rings (SSSR count). The van der Waals surface area contributed by atoms with E-state index >= 15 is 0 Å². The minimum Gasteiger partial charge on any atom is -0.309 e. The van der Waals surface area contributed by atoms with Crippen molar-refractivity contribution in [3.8, 4) is 61.8 Å². The molecule has 0 spiro atoms. The van der Waals surface area contributed by atoms with Gasteiger partial charge in [-0.2, -0.15) is 0 Å². The molecule has 0 radical (unpaired) electrons. The van der Waals surface area contributed by atoms with Gasteiger partial charge >= 0.3 is 0 Å². The third-order valence-electron chi connectivity index (χ3n) is 12.0. The summed E-state index contributed by atoms with van der Waals surface area (Å²) < 4.78 is 2.39. The van der Waals surface area contributed by atoms with Crippen LogP contribution in [0.1, 0.15) is 0 Å². The Balaban J connectivity index is 0.977. The van der Waals surface area contributed by atoms with Crippen molar-refractivity contribution >= 4 is 54.4 Å². The van der Waals surface area contributed by atoms with Crippen molar-refractivity contribution in [1.29, 1.82) is 0 Å². The lowest BCUT2D eigenvalue weighted by Gasteiger charge is -2.12. The van der Waals surface area contributed by atoms with Gasteiger partial charge in [-0.3, -0.25) is 0 Å². The second-order valence-corrected chi connectivity index (χ2v) is 15.6. The lowest BCUT2D eigenvalue weighted by molar-refractivity contribution is 1.18. The fraction of sp³-hybridized carbons (Fsp3) is 0. The van der Waals surface area contributed by atoms with Gasteiger partial charge < -0.3 is 4.57 Å². The highest BCUT2D eigenvalue weighted by Crippen LogP contribution is 2.40. The summed E-state index contributed by atoms with van der Waals surface area (Å²) in [4.78, 5) is 15.6. The molecule has 3 heterocycles. The summed E-state index contributed by atoms with van der Waals surface area (Å²) in [5.41, 5.74) is 15.0. The molecule has 0 N–H and O–H groups in total. The van der Waals surface area contributed by atoms with E-state index in [-0.39, 0.29) is 0 Å². The summed E-state index contributed by atoms with van der Waals surface area (Å²) in [6, 6.07) is 77.4. The lowest BCUT2D eigenvalue weighted by Crippen LogP contribution is -1.95. The van der Waals surface area contributed by atoms with Gasteiger partial charge in [-0.25, -0.2) is 15.0 Å². The van der Waals surface area contributed by atoms with E-state index in [0.717, 1.165) is 83.1 Å². The molecular weight excluding hydrogens is 741 g/mol. The fourth-order valence-corrected chi connectivity index (χ4v) is 9.01. The van der Waals surface area contributed by atoms with E-state index in [9.17, 15) is 0 Å². The van der Waals surface area contributed by atoms with Gasteiger partial charge in [0.1, 0.15) is 0 Å². The molecule has 0 saturated carbocycles.